The minimum atomic E-state index is -0.587. The van der Waals surface area contributed by atoms with Crippen molar-refractivity contribution in [2.75, 3.05) is 19.8 Å². The molecule has 0 aliphatic carbocycles. The fourth-order valence-corrected chi connectivity index (χ4v) is 7.41. The molecular weight excluding hydrogens is 837 g/mol. The Morgan fingerprint density at radius 1 is 0.338 bits per heavy atom. The van der Waals surface area contributed by atoms with Gasteiger partial charge in [-0.15, -0.1) is 0 Å². The Kier molecular flexibility index (Phi) is 54.5. The molecule has 0 aromatic carbocycles. The predicted octanol–water partition coefficient (Wildman–Crippen LogP) is 19.3. The molecule has 0 saturated heterocycles. The molecule has 0 aliphatic rings. The summed E-state index contributed by atoms with van der Waals surface area (Å²) < 4.78 is 17.4. The second-order valence-corrected chi connectivity index (χ2v) is 18.1. The molecule has 0 fully saturated rings. The number of carbonyl (C=O) groups is 2. The van der Waals surface area contributed by atoms with Crippen LogP contribution in [0, 0.1) is 0 Å². The van der Waals surface area contributed by atoms with Crippen LogP contribution in [-0.2, 0) is 23.8 Å². The molecule has 386 valence electrons. The lowest BCUT2D eigenvalue weighted by molar-refractivity contribution is -0.162. The Bertz CT molecular complexity index is 1390. The molecule has 0 radical (unpaired) electrons. The number of esters is 2. The van der Waals surface area contributed by atoms with Gasteiger partial charge < -0.3 is 14.2 Å². The van der Waals surface area contributed by atoms with E-state index in [1.807, 2.05) is 6.08 Å². The van der Waals surface area contributed by atoms with Gasteiger partial charge in [0.2, 0.25) is 0 Å². The number of ether oxygens (including phenoxy) is 3. The SMILES string of the molecule is CC/C=C\C/C=C\C/C=C\C/C=C\C/C=C\C/C=C\CCC(=O)OCC(COCCCCCCCCCCCCCCCCCC)OC(=O)CCCCCC/C=C\C/C=C\C/C=C\C/C=C\CC. The van der Waals surface area contributed by atoms with Crippen molar-refractivity contribution in [3.8, 4) is 0 Å². The third kappa shape index (κ3) is 54.9. The quantitative estimate of drug-likeness (QED) is 0.0345. The van der Waals surface area contributed by atoms with E-state index in [4.69, 9.17) is 14.2 Å². The topological polar surface area (TPSA) is 61.8 Å². The highest BCUT2D eigenvalue weighted by Gasteiger charge is 2.17. The molecule has 0 heterocycles. The molecule has 0 aromatic heterocycles. The summed E-state index contributed by atoms with van der Waals surface area (Å²) in [6.45, 7) is 7.50. The van der Waals surface area contributed by atoms with Gasteiger partial charge >= 0.3 is 11.9 Å². The maximum Gasteiger partial charge on any atom is 0.306 e. The highest BCUT2D eigenvalue weighted by molar-refractivity contribution is 5.70. The first-order chi connectivity index (χ1) is 33.6. The molecular formula is C63H104O5. The van der Waals surface area contributed by atoms with Gasteiger partial charge in [0.05, 0.1) is 6.61 Å². The summed E-state index contributed by atoms with van der Waals surface area (Å²) >= 11 is 0. The average Bonchev–Trinajstić information content (AvgIpc) is 3.34. The number of hydrogen-bond acceptors (Lipinski definition) is 5. The van der Waals surface area contributed by atoms with Gasteiger partial charge in [0.1, 0.15) is 6.61 Å². The van der Waals surface area contributed by atoms with Crippen molar-refractivity contribution in [3.63, 3.8) is 0 Å². The summed E-state index contributed by atoms with van der Waals surface area (Å²) in [6.07, 6.45) is 80.8. The highest BCUT2D eigenvalue weighted by Crippen LogP contribution is 2.15. The first kappa shape index (κ1) is 64.3. The van der Waals surface area contributed by atoms with Gasteiger partial charge in [-0.25, -0.2) is 0 Å². The van der Waals surface area contributed by atoms with Gasteiger partial charge in [0, 0.05) is 19.4 Å². The lowest BCUT2D eigenvalue weighted by Crippen LogP contribution is -2.30. The minimum Gasteiger partial charge on any atom is -0.462 e. The molecule has 0 saturated carbocycles. The number of rotatable bonds is 50. The van der Waals surface area contributed by atoms with Gasteiger partial charge in [0.25, 0.3) is 0 Å². The van der Waals surface area contributed by atoms with Crippen molar-refractivity contribution in [1.82, 2.24) is 0 Å². The van der Waals surface area contributed by atoms with Gasteiger partial charge in [-0.3, -0.25) is 9.59 Å². The van der Waals surface area contributed by atoms with E-state index in [0.29, 0.717) is 25.9 Å². The molecule has 68 heavy (non-hydrogen) atoms. The summed E-state index contributed by atoms with van der Waals surface area (Å²) in [5, 5.41) is 0. The zero-order valence-electron chi connectivity index (χ0n) is 44.3. The van der Waals surface area contributed by atoms with E-state index < -0.39 is 6.10 Å². The summed E-state index contributed by atoms with van der Waals surface area (Å²) in [4.78, 5) is 25.5. The van der Waals surface area contributed by atoms with Crippen LogP contribution in [0.15, 0.2) is 122 Å². The first-order valence-electron chi connectivity index (χ1n) is 28.1. The van der Waals surface area contributed by atoms with E-state index in [0.717, 1.165) is 109 Å². The molecule has 0 N–H and O–H groups in total. The number of unbranched alkanes of at least 4 members (excludes halogenated alkanes) is 19. The van der Waals surface area contributed by atoms with E-state index >= 15 is 0 Å². The first-order valence-corrected chi connectivity index (χ1v) is 28.1. The highest BCUT2D eigenvalue weighted by atomic mass is 16.6. The molecule has 0 rings (SSSR count). The van der Waals surface area contributed by atoms with Crippen LogP contribution >= 0.6 is 0 Å². The van der Waals surface area contributed by atoms with E-state index in [9.17, 15) is 9.59 Å². The average molecular weight is 942 g/mol. The monoisotopic (exact) mass is 941 g/mol. The maximum atomic E-state index is 12.8. The van der Waals surface area contributed by atoms with Crippen molar-refractivity contribution >= 4 is 11.9 Å². The third-order valence-corrected chi connectivity index (χ3v) is 11.5. The van der Waals surface area contributed by atoms with Crippen LogP contribution in [0.2, 0.25) is 0 Å². The summed E-state index contributed by atoms with van der Waals surface area (Å²) in [7, 11) is 0. The molecule has 5 nitrogen and oxygen atoms in total. The Balaban J connectivity index is 4.45. The summed E-state index contributed by atoms with van der Waals surface area (Å²) in [5.74, 6) is -0.523. The second-order valence-electron chi connectivity index (χ2n) is 18.1. The third-order valence-electron chi connectivity index (χ3n) is 11.5. The second kappa shape index (κ2) is 57.6. The van der Waals surface area contributed by atoms with Crippen LogP contribution in [-0.4, -0.2) is 37.9 Å². The minimum absolute atomic E-state index is 0.0299. The number of carbonyl (C=O) groups excluding carboxylic acids is 2. The van der Waals surface area contributed by atoms with E-state index in [1.54, 1.807) is 0 Å². The van der Waals surface area contributed by atoms with Crippen molar-refractivity contribution < 1.29 is 23.8 Å². The molecule has 0 bridgehead atoms. The summed E-state index contributed by atoms with van der Waals surface area (Å²) in [5.41, 5.74) is 0. The molecule has 0 amide bonds. The normalized spacial score (nSPS) is 13.2. The zero-order valence-corrected chi connectivity index (χ0v) is 44.3. The molecule has 1 unspecified atom stereocenters. The molecule has 0 aliphatic heterocycles. The Labute approximate surface area is 420 Å². The lowest BCUT2D eigenvalue weighted by atomic mass is 10.0. The largest absolute Gasteiger partial charge is 0.462 e. The fourth-order valence-electron chi connectivity index (χ4n) is 7.41. The van der Waals surface area contributed by atoms with Crippen molar-refractivity contribution in [3.05, 3.63) is 122 Å². The van der Waals surface area contributed by atoms with Crippen LogP contribution in [0.1, 0.15) is 239 Å². The van der Waals surface area contributed by atoms with Gasteiger partial charge in [0.15, 0.2) is 6.10 Å². The van der Waals surface area contributed by atoms with Crippen LogP contribution in [0.3, 0.4) is 0 Å². The molecule has 0 spiro atoms. The van der Waals surface area contributed by atoms with Crippen LogP contribution in [0.25, 0.3) is 0 Å². The van der Waals surface area contributed by atoms with Gasteiger partial charge in [-0.2, -0.15) is 0 Å². The van der Waals surface area contributed by atoms with E-state index in [2.05, 4.69) is 136 Å². The van der Waals surface area contributed by atoms with Crippen molar-refractivity contribution in [1.29, 1.82) is 0 Å². The Hall–Kier alpha value is -3.70. The number of allylic oxidation sites excluding steroid dienone is 20. The van der Waals surface area contributed by atoms with Gasteiger partial charge in [-0.1, -0.05) is 251 Å². The van der Waals surface area contributed by atoms with Crippen LogP contribution < -0.4 is 0 Å². The molecule has 1 atom stereocenters. The van der Waals surface area contributed by atoms with Crippen molar-refractivity contribution in [2.24, 2.45) is 0 Å². The van der Waals surface area contributed by atoms with Crippen molar-refractivity contribution in [2.45, 2.75) is 245 Å². The maximum absolute atomic E-state index is 12.8. The Morgan fingerprint density at radius 3 is 1.12 bits per heavy atom. The fraction of sp³-hybridized carbons (Fsp3) is 0.651. The lowest BCUT2D eigenvalue weighted by Gasteiger charge is -2.18. The predicted molar refractivity (Wildman–Crippen MR) is 297 cm³/mol. The molecule has 5 heteroatoms. The molecule has 0 aromatic rings. The smallest absolute Gasteiger partial charge is 0.306 e. The number of hydrogen-bond donors (Lipinski definition) is 0. The standard InChI is InChI=1S/C63H104O5/c1-4-7-10-13-16-19-22-25-28-31-32-34-35-38-41-44-47-50-53-56-62(64)67-60-61(59-66-58-55-52-49-46-43-40-37-30-27-24-21-18-15-12-9-6-3)68-63(65)57-54-51-48-45-42-39-36-33-29-26-23-20-17-14-11-8-5-2/h7-8,10-11,16-17,19-20,25-26,28-29,32,34,36,38-39,41,47,50,61H,4-6,9,12-15,18,21-24,27,30-31,33,35,37,40,42-46,48-49,51-60H2,1-3H3/b10-7-,11-8-,19-16-,20-17-,28-25-,29-26-,34-32-,39-36-,41-38-,50-47-. The van der Waals surface area contributed by atoms with Crippen LogP contribution in [0.4, 0.5) is 0 Å². The van der Waals surface area contributed by atoms with Gasteiger partial charge in [-0.05, 0) is 96.3 Å². The van der Waals surface area contributed by atoms with E-state index in [-0.39, 0.29) is 25.2 Å². The van der Waals surface area contributed by atoms with Crippen LogP contribution in [0.5, 0.6) is 0 Å². The Morgan fingerprint density at radius 2 is 0.691 bits per heavy atom. The zero-order chi connectivity index (χ0) is 49.2. The van der Waals surface area contributed by atoms with E-state index in [1.165, 1.54) is 89.9 Å². The summed E-state index contributed by atoms with van der Waals surface area (Å²) in [6, 6.07) is 0.